The predicted octanol–water partition coefficient (Wildman–Crippen LogP) is 2.49. The number of fused-ring (bicyclic) bond motifs is 2. The first kappa shape index (κ1) is 16.2. The Morgan fingerprint density at radius 2 is 1.92 bits per heavy atom. The first-order chi connectivity index (χ1) is 12.2. The molecule has 0 saturated carbocycles. The maximum atomic E-state index is 12.4. The lowest BCUT2D eigenvalue weighted by Crippen LogP contribution is -3.17. The van der Waals surface area contributed by atoms with Crippen LogP contribution in [0.15, 0.2) is 47.1 Å². The molecule has 0 unspecified atom stereocenters. The molecule has 2 atom stereocenters. The van der Waals surface area contributed by atoms with E-state index in [1.807, 2.05) is 37.3 Å². The lowest BCUT2D eigenvalue weighted by molar-refractivity contribution is -0.955. The summed E-state index contributed by atoms with van der Waals surface area (Å²) in [5.74, 6) is 1.07. The van der Waals surface area contributed by atoms with Crippen molar-refractivity contribution in [2.24, 2.45) is 0 Å². The minimum atomic E-state index is -0.0896. The molecule has 2 amide bonds. The van der Waals surface area contributed by atoms with Gasteiger partial charge in [0.05, 0.1) is 18.3 Å². The fourth-order valence-corrected chi connectivity index (χ4v) is 4.51. The Morgan fingerprint density at radius 1 is 1.16 bits per heavy atom. The molecule has 2 saturated heterocycles. The summed E-state index contributed by atoms with van der Waals surface area (Å²) < 4.78 is 5.53. The number of urea groups is 1. The number of rotatable bonds is 4. The van der Waals surface area contributed by atoms with Crippen molar-refractivity contribution in [3.63, 3.8) is 0 Å². The van der Waals surface area contributed by atoms with E-state index in [9.17, 15) is 4.79 Å². The van der Waals surface area contributed by atoms with Crippen LogP contribution in [0.5, 0.6) is 0 Å². The van der Waals surface area contributed by atoms with Gasteiger partial charge in [-0.25, -0.2) is 4.79 Å². The number of aryl methyl sites for hydroxylation is 1. The number of piperidine rings is 1. The molecule has 2 aliphatic heterocycles. The Kier molecular flexibility index (Phi) is 4.49. The minimum absolute atomic E-state index is 0.0896. The lowest BCUT2D eigenvalue weighted by atomic mass is 9.97. The second-order valence-electron chi connectivity index (χ2n) is 7.38. The summed E-state index contributed by atoms with van der Waals surface area (Å²) in [7, 11) is 0. The van der Waals surface area contributed by atoms with E-state index in [2.05, 4.69) is 16.7 Å². The number of benzene rings is 1. The van der Waals surface area contributed by atoms with E-state index in [0.717, 1.165) is 36.4 Å². The summed E-state index contributed by atoms with van der Waals surface area (Å²) in [5.41, 5.74) is 1.96. The smallest absolute Gasteiger partial charge is 0.319 e. The topological polar surface area (TPSA) is 58.7 Å². The van der Waals surface area contributed by atoms with Crippen LogP contribution in [-0.2, 0) is 6.54 Å². The molecule has 2 aliphatic rings. The van der Waals surface area contributed by atoms with Crippen LogP contribution in [0.4, 0.5) is 10.5 Å². The van der Waals surface area contributed by atoms with Gasteiger partial charge in [-0.1, -0.05) is 18.2 Å². The summed E-state index contributed by atoms with van der Waals surface area (Å²) in [6, 6.07) is 13.3. The third-order valence-corrected chi connectivity index (χ3v) is 5.74. The highest BCUT2D eigenvalue weighted by molar-refractivity contribution is 5.90. The van der Waals surface area contributed by atoms with Crippen LogP contribution >= 0.6 is 0 Å². The zero-order valence-corrected chi connectivity index (χ0v) is 14.6. The number of anilines is 1. The highest BCUT2D eigenvalue weighted by Crippen LogP contribution is 2.24. The van der Waals surface area contributed by atoms with Gasteiger partial charge in [-0.05, 0) is 30.7 Å². The van der Waals surface area contributed by atoms with E-state index in [4.69, 9.17) is 4.42 Å². The van der Waals surface area contributed by atoms with E-state index >= 15 is 0 Å². The quantitative estimate of drug-likeness (QED) is 0.801. The summed E-state index contributed by atoms with van der Waals surface area (Å²) in [4.78, 5) is 14.0. The average Bonchev–Trinajstić information content (AvgIpc) is 3.17. The maximum absolute atomic E-state index is 12.4. The SMILES string of the molecule is Cc1ccccc1NC(=O)NC1C[C@H]2CC[C@H](C1)[NH+]2Cc1ccco1. The van der Waals surface area contributed by atoms with Crippen molar-refractivity contribution in [2.45, 2.75) is 57.3 Å². The predicted molar refractivity (Wildman–Crippen MR) is 96.5 cm³/mol. The van der Waals surface area contributed by atoms with Crippen molar-refractivity contribution < 1.29 is 14.1 Å². The van der Waals surface area contributed by atoms with Crippen molar-refractivity contribution in [3.8, 4) is 0 Å². The van der Waals surface area contributed by atoms with Gasteiger partial charge in [0.25, 0.3) is 0 Å². The van der Waals surface area contributed by atoms with Crippen LogP contribution < -0.4 is 15.5 Å². The summed E-state index contributed by atoms with van der Waals surface area (Å²) >= 11 is 0. The number of nitrogens with one attached hydrogen (secondary N) is 3. The van der Waals surface area contributed by atoms with E-state index < -0.39 is 0 Å². The summed E-state index contributed by atoms with van der Waals surface area (Å²) in [5, 5.41) is 6.17. The van der Waals surface area contributed by atoms with E-state index in [-0.39, 0.29) is 12.1 Å². The molecule has 132 valence electrons. The van der Waals surface area contributed by atoms with Gasteiger partial charge < -0.3 is 20.0 Å². The van der Waals surface area contributed by atoms with Crippen molar-refractivity contribution in [3.05, 3.63) is 54.0 Å². The van der Waals surface area contributed by atoms with Crippen molar-refractivity contribution >= 4 is 11.7 Å². The normalized spacial score (nSPS) is 27.9. The van der Waals surface area contributed by atoms with E-state index in [1.165, 1.54) is 12.8 Å². The zero-order valence-electron chi connectivity index (χ0n) is 14.6. The largest absolute Gasteiger partial charge is 0.463 e. The van der Waals surface area contributed by atoms with E-state index in [1.54, 1.807) is 11.2 Å². The molecule has 3 N–H and O–H groups in total. The number of quaternary nitrogens is 1. The molecule has 2 fully saturated rings. The molecule has 4 rings (SSSR count). The van der Waals surface area contributed by atoms with Crippen molar-refractivity contribution in [2.75, 3.05) is 5.32 Å². The highest BCUT2D eigenvalue weighted by atomic mass is 16.3. The second kappa shape index (κ2) is 6.92. The number of furan rings is 1. The van der Waals surface area contributed by atoms with Crippen molar-refractivity contribution in [1.82, 2.24) is 5.32 Å². The Labute approximate surface area is 148 Å². The first-order valence-corrected chi connectivity index (χ1v) is 9.20. The molecule has 3 heterocycles. The van der Waals surface area contributed by atoms with Crippen LogP contribution in [0.2, 0.25) is 0 Å². The standard InChI is InChI=1S/C20H25N3O2/c1-14-5-2-3-7-19(14)22-20(24)21-15-11-16-8-9-17(12-15)23(16)13-18-6-4-10-25-18/h2-7,10,15-17H,8-9,11-13H2,1H3,(H2,21,22,24)/p+1/t16-,17-/m1/s1. The molecule has 5 heteroatoms. The maximum Gasteiger partial charge on any atom is 0.319 e. The monoisotopic (exact) mass is 340 g/mol. The van der Waals surface area contributed by atoms with Gasteiger partial charge in [0, 0.05) is 37.4 Å². The second-order valence-corrected chi connectivity index (χ2v) is 7.38. The average molecular weight is 340 g/mol. The van der Waals surface area contributed by atoms with Gasteiger partial charge in [0.1, 0.15) is 6.54 Å². The Balaban J connectivity index is 1.33. The van der Waals surface area contributed by atoms with E-state index in [0.29, 0.717) is 12.1 Å². The molecular formula is C20H26N3O2+. The molecular weight excluding hydrogens is 314 g/mol. The molecule has 0 spiro atoms. The lowest BCUT2D eigenvalue weighted by Gasteiger charge is -2.35. The van der Waals surface area contributed by atoms with Gasteiger partial charge >= 0.3 is 6.03 Å². The summed E-state index contributed by atoms with van der Waals surface area (Å²) in [6.45, 7) is 2.97. The van der Waals surface area contributed by atoms with Gasteiger partial charge in [-0.2, -0.15) is 0 Å². The Hall–Kier alpha value is -2.27. The molecule has 25 heavy (non-hydrogen) atoms. The van der Waals surface area contributed by atoms with Crippen molar-refractivity contribution in [1.29, 1.82) is 0 Å². The molecule has 5 nitrogen and oxygen atoms in total. The van der Waals surface area contributed by atoms with Gasteiger partial charge in [-0.15, -0.1) is 0 Å². The van der Waals surface area contributed by atoms with Crippen LogP contribution in [0, 0.1) is 6.92 Å². The van der Waals surface area contributed by atoms with Gasteiger partial charge in [0.2, 0.25) is 0 Å². The molecule has 1 aromatic heterocycles. The number of amides is 2. The number of carbonyl (C=O) groups is 1. The fraction of sp³-hybridized carbons (Fsp3) is 0.450. The number of hydrogen-bond donors (Lipinski definition) is 3. The zero-order chi connectivity index (χ0) is 17.2. The molecule has 0 aliphatic carbocycles. The van der Waals surface area contributed by atoms with Gasteiger partial charge in [0.15, 0.2) is 5.76 Å². The molecule has 0 radical (unpaired) electrons. The number of para-hydroxylation sites is 1. The molecule has 2 aromatic rings. The van der Waals surface area contributed by atoms with Crippen LogP contribution in [0.25, 0.3) is 0 Å². The number of carbonyl (C=O) groups excluding carboxylic acids is 1. The Morgan fingerprint density at radius 3 is 2.60 bits per heavy atom. The van der Waals surface area contributed by atoms with Crippen LogP contribution in [0.1, 0.15) is 37.0 Å². The van der Waals surface area contributed by atoms with Crippen LogP contribution in [-0.4, -0.2) is 24.2 Å². The molecule has 1 aromatic carbocycles. The third-order valence-electron chi connectivity index (χ3n) is 5.74. The fourth-order valence-electron chi connectivity index (χ4n) is 4.51. The number of hydrogen-bond acceptors (Lipinski definition) is 2. The highest BCUT2D eigenvalue weighted by Gasteiger charge is 2.45. The minimum Gasteiger partial charge on any atom is -0.463 e. The third kappa shape index (κ3) is 3.56. The first-order valence-electron chi connectivity index (χ1n) is 9.20. The van der Waals surface area contributed by atoms with Crippen LogP contribution in [0.3, 0.4) is 0 Å². The summed E-state index contributed by atoms with van der Waals surface area (Å²) in [6.07, 6.45) is 6.35. The van der Waals surface area contributed by atoms with Gasteiger partial charge in [-0.3, -0.25) is 0 Å². The Bertz CT molecular complexity index is 714. The molecule has 2 bridgehead atoms.